The van der Waals surface area contributed by atoms with Crippen LogP contribution >= 0.6 is 27.5 Å². The monoisotopic (exact) mass is 381 g/mol. The highest BCUT2D eigenvalue weighted by atomic mass is 79.9. The van der Waals surface area contributed by atoms with Gasteiger partial charge in [-0.05, 0) is 23.8 Å². The van der Waals surface area contributed by atoms with Crippen molar-refractivity contribution < 1.29 is 14.3 Å². The van der Waals surface area contributed by atoms with Crippen LogP contribution < -0.4 is 5.32 Å². The second kappa shape index (κ2) is 7.42. The molecule has 0 bridgehead atoms. The Morgan fingerprint density at radius 3 is 2.50 bits per heavy atom. The van der Waals surface area contributed by atoms with E-state index >= 15 is 0 Å². The number of methoxy groups -OCH3 is 1. The number of esters is 1. The van der Waals surface area contributed by atoms with Crippen LogP contribution in [0.25, 0.3) is 0 Å². The lowest BCUT2D eigenvalue weighted by Gasteiger charge is -2.13. The Kier molecular flexibility index (Phi) is 5.57. The Morgan fingerprint density at radius 1 is 1.18 bits per heavy atom. The third-order valence-electron chi connectivity index (χ3n) is 2.97. The van der Waals surface area contributed by atoms with Gasteiger partial charge in [0, 0.05) is 5.02 Å². The van der Waals surface area contributed by atoms with Gasteiger partial charge in [-0.3, -0.25) is 4.79 Å². The molecule has 0 spiro atoms. The largest absolute Gasteiger partial charge is 0.465 e. The summed E-state index contributed by atoms with van der Waals surface area (Å²) in [6.07, 6.45) is 0. The maximum atomic E-state index is 12.3. The van der Waals surface area contributed by atoms with E-state index in [1.165, 1.54) is 13.2 Å². The number of hydrogen-bond acceptors (Lipinski definition) is 3. The van der Waals surface area contributed by atoms with Crippen molar-refractivity contribution in [3.8, 4) is 0 Å². The molecular weight excluding hydrogens is 370 g/mol. The minimum atomic E-state index is -0.566. The number of hydrogen-bond donors (Lipinski definition) is 1. The van der Waals surface area contributed by atoms with Gasteiger partial charge in [0.1, 0.15) is 4.83 Å². The summed E-state index contributed by atoms with van der Waals surface area (Å²) in [4.78, 5) is 23.5. The summed E-state index contributed by atoms with van der Waals surface area (Å²) in [5.74, 6) is -0.859. The molecule has 6 heteroatoms. The summed E-state index contributed by atoms with van der Waals surface area (Å²) in [7, 11) is 1.27. The Balaban J connectivity index is 2.23. The van der Waals surface area contributed by atoms with Crippen molar-refractivity contribution in [2.75, 3.05) is 12.4 Å². The Morgan fingerprint density at radius 2 is 1.86 bits per heavy atom. The van der Waals surface area contributed by atoms with Gasteiger partial charge in [0.15, 0.2) is 0 Å². The first-order chi connectivity index (χ1) is 10.5. The summed E-state index contributed by atoms with van der Waals surface area (Å²) in [5, 5.41) is 3.09. The second-order valence-corrected chi connectivity index (χ2v) is 5.80. The number of alkyl halides is 1. The zero-order valence-corrected chi connectivity index (χ0v) is 14.0. The molecule has 1 unspecified atom stereocenters. The van der Waals surface area contributed by atoms with Gasteiger partial charge >= 0.3 is 5.97 Å². The van der Waals surface area contributed by atoms with Crippen LogP contribution in [0.5, 0.6) is 0 Å². The highest BCUT2D eigenvalue weighted by Crippen LogP contribution is 2.27. The van der Waals surface area contributed by atoms with E-state index in [0.717, 1.165) is 5.56 Å². The zero-order chi connectivity index (χ0) is 16.1. The smallest absolute Gasteiger partial charge is 0.340 e. The van der Waals surface area contributed by atoms with Crippen LogP contribution in [0.2, 0.25) is 5.02 Å². The minimum absolute atomic E-state index is 0.205. The predicted molar refractivity (Wildman–Crippen MR) is 89.5 cm³/mol. The van der Waals surface area contributed by atoms with Crippen LogP contribution in [0.3, 0.4) is 0 Å². The lowest BCUT2D eigenvalue weighted by Crippen LogP contribution is -2.19. The van der Waals surface area contributed by atoms with Gasteiger partial charge in [-0.15, -0.1) is 0 Å². The molecule has 4 nitrogen and oxygen atoms in total. The van der Waals surface area contributed by atoms with Crippen LogP contribution in [-0.4, -0.2) is 19.0 Å². The fraction of sp³-hybridized carbons (Fsp3) is 0.125. The quantitative estimate of drug-likeness (QED) is 0.637. The first kappa shape index (κ1) is 16.5. The average Bonchev–Trinajstić information content (AvgIpc) is 2.55. The summed E-state index contributed by atoms with van der Waals surface area (Å²) in [6, 6.07) is 13.8. The maximum absolute atomic E-state index is 12.3. The summed E-state index contributed by atoms with van der Waals surface area (Å²) in [5.41, 5.74) is 1.37. The highest BCUT2D eigenvalue weighted by molar-refractivity contribution is 9.09. The van der Waals surface area contributed by atoms with E-state index in [2.05, 4.69) is 21.2 Å². The van der Waals surface area contributed by atoms with Gasteiger partial charge in [0.2, 0.25) is 5.91 Å². The third-order valence-corrected chi connectivity index (χ3v) is 4.15. The molecule has 2 aromatic rings. The molecule has 22 heavy (non-hydrogen) atoms. The molecule has 0 fully saturated rings. The predicted octanol–water partition coefficient (Wildman–Crippen LogP) is 4.20. The zero-order valence-electron chi connectivity index (χ0n) is 11.7. The van der Waals surface area contributed by atoms with E-state index in [1.54, 1.807) is 12.1 Å². The highest BCUT2D eigenvalue weighted by Gasteiger charge is 2.20. The molecule has 0 heterocycles. The summed E-state index contributed by atoms with van der Waals surface area (Å²) in [6.45, 7) is 0. The minimum Gasteiger partial charge on any atom is -0.465 e. The number of nitrogens with one attached hydrogen (secondary N) is 1. The van der Waals surface area contributed by atoms with E-state index in [1.807, 2.05) is 30.3 Å². The topological polar surface area (TPSA) is 55.4 Å². The summed E-state index contributed by atoms with van der Waals surface area (Å²) < 4.78 is 4.70. The van der Waals surface area contributed by atoms with Crippen LogP contribution in [0.4, 0.5) is 5.69 Å². The Bertz CT molecular complexity index is 691. The van der Waals surface area contributed by atoms with E-state index in [9.17, 15) is 9.59 Å². The molecule has 1 N–H and O–H groups in total. The summed E-state index contributed by atoms with van der Waals surface area (Å²) >= 11 is 9.23. The molecule has 2 aromatic carbocycles. The van der Waals surface area contributed by atoms with E-state index < -0.39 is 10.8 Å². The Labute approximate surface area is 141 Å². The third kappa shape index (κ3) is 3.87. The van der Waals surface area contributed by atoms with Gasteiger partial charge in [0.25, 0.3) is 0 Å². The number of benzene rings is 2. The number of carbonyl (C=O) groups excluding carboxylic acids is 2. The second-order valence-electron chi connectivity index (χ2n) is 4.44. The van der Waals surface area contributed by atoms with E-state index in [-0.39, 0.29) is 11.5 Å². The van der Waals surface area contributed by atoms with Crippen LogP contribution in [0.15, 0.2) is 48.5 Å². The molecule has 0 saturated carbocycles. The molecule has 1 atom stereocenters. The molecule has 114 valence electrons. The lowest BCUT2D eigenvalue weighted by atomic mass is 10.1. The normalized spacial score (nSPS) is 11.6. The van der Waals surface area contributed by atoms with Crippen molar-refractivity contribution in [1.29, 1.82) is 0 Å². The van der Waals surface area contributed by atoms with Crippen molar-refractivity contribution in [2.24, 2.45) is 0 Å². The van der Waals surface area contributed by atoms with Crippen LogP contribution in [0, 0.1) is 0 Å². The van der Waals surface area contributed by atoms with Crippen molar-refractivity contribution >= 4 is 45.1 Å². The molecule has 0 aliphatic carbocycles. The number of rotatable bonds is 4. The number of ether oxygens (including phenoxy) is 1. The fourth-order valence-electron chi connectivity index (χ4n) is 1.87. The first-order valence-electron chi connectivity index (χ1n) is 6.40. The van der Waals surface area contributed by atoms with Crippen LogP contribution in [-0.2, 0) is 9.53 Å². The number of anilines is 1. The molecule has 0 radical (unpaired) electrons. The molecule has 1 amide bonds. The molecule has 0 saturated heterocycles. The molecule has 0 aliphatic heterocycles. The fourth-order valence-corrected chi connectivity index (χ4v) is 2.47. The van der Waals surface area contributed by atoms with Crippen LogP contribution in [0.1, 0.15) is 20.7 Å². The molecular formula is C16H13BrClNO3. The van der Waals surface area contributed by atoms with Crippen molar-refractivity contribution in [3.05, 3.63) is 64.7 Å². The molecule has 2 rings (SSSR count). The van der Waals surface area contributed by atoms with Gasteiger partial charge in [-0.1, -0.05) is 57.9 Å². The van der Waals surface area contributed by atoms with Gasteiger partial charge < -0.3 is 10.1 Å². The maximum Gasteiger partial charge on any atom is 0.340 e. The van der Waals surface area contributed by atoms with E-state index in [4.69, 9.17) is 16.3 Å². The Hall–Kier alpha value is -1.85. The standard InChI is InChI=1S/C16H13BrClNO3/c1-22-16(21)12-9-11(18)7-8-13(12)19-15(20)14(17)10-5-3-2-4-6-10/h2-9,14H,1H3,(H,19,20). The molecule has 0 aromatic heterocycles. The number of carbonyl (C=O) groups is 2. The lowest BCUT2D eigenvalue weighted by molar-refractivity contribution is -0.115. The van der Waals surface area contributed by atoms with E-state index in [0.29, 0.717) is 10.7 Å². The van der Waals surface area contributed by atoms with Gasteiger partial charge in [-0.25, -0.2) is 4.79 Å². The number of halogens is 2. The van der Waals surface area contributed by atoms with Gasteiger partial charge in [-0.2, -0.15) is 0 Å². The SMILES string of the molecule is COC(=O)c1cc(Cl)ccc1NC(=O)C(Br)c1ccccc1. The van der Waals surface area contributed by atoms with Crippen molar-refractivity contribution in [2.45, 2.75) is 4.83 Å². The average molecular weight is 383 g/mol. The van der Waals surface area contributed by atoms with Crippen molar-refractivity contribution in [1.82, 2.24) is 0 Å². The number of amides is 1. The van der Waals surface area contributed by atoms with Crippen molar-refractivity contribution in [3.63, 3.8) is 0 Å². The van der Waals surface area contributed by atoms with Gasteiger partial charge in [0.05, 0.1) is 18.4 Å². The first-order valence-corrected chi connectivity index (χ1v) is 7.70. The molecule has 0 aliphatic rings.